The van der Waals surface area contributed by atoms with Gasteiger partial charge in [-0.15, -0.1) is 0 Å². The van der Waals surface area contributed by atoms with Crippen molar-refractivity contribution in [2.24, 2.45) is 5.73 Å². The Labute approximate surface area is 159 Å². The lowest BCUT2D eigenvalue weighted by molar-refractivity contribution is -0.142. The summed E-state index contributed by atoms with van der Waals surface area (Å²) in [4.78, 5) is 35.9. The average molecular weight is 380 g/mol. The maximum Gasteiger partial charge on any atom is 0.516 e. The summed E-state index contributed by atoms with van der Waals surface area (Å²) in [6, 6.07) is 7.94. The maximum atomic E-state index is 12.2. The molecule has 27 heavy (non-hydrogen) atoms. The minimum atomic E-state index is -1.13. The number of nitrogens with one attached hydrogen (secondary N) is 1. The summed E-state index contributed by atoms with van der Waals surface area (Å²) in [6.45, 7) is 5.54. The molecule has 1 atom stereocenters. The van der Waals surface area contributed by atoms with Crippen LogP contribution in [0.4, 0.5) is 9.59 Å². The van der Waals surface area contributed by atoms with E-state index >= 15 is 0 Å². The van der Waals surface area contributed by atoms with Crippen molar-refractivity contribution in [2.45, 2.75) is 58.3 Å². The van der Waals surface area contributed by atoms with Gasteiger partial charge in [-0.1, -0.05) is 30.3 Å². The molecule has 0 aliphatic heterocycles. The third-order valence-electron chi connectivity index (χ3n) is 3.31. The lowest BCUT2D eigenvalue weighted by atomic mass is 10.1. The average Bonchev–Trinajstić information content (AvgIpc) is 2.58. The lowest BCUT2D eigenvalue weighted by Crippen LogP contribution is -2.44. The first kappa shape index (κ1) is 22.4. The molecular weight excluding hydrogens is 352 g/mol. The second kappa shape index (κ2) is 11.2. The summed E-state index contributed by atoms with van der Waals surface area (Å²) in [5, 5.41) is 2.43. The quantitative estimate of drug-likeness (QED) is 0.404. The summed E-state index contributed by atoms with van der Waals surface area (Å²) >= 11 is 0. The number of esters is 1. The van der Waals surface area contributed by atoms with Crippen LogP contribution in [-0.2, 0) is 25.6 Å². The van der Waals surface area contributed by atoms with Gasteiger partial charge in [0.15, 0.2) is 0 Å². The van der Waals surface area contributed by atoms with Crippen molar-refractivity contribution in [2.75, 3.05) is 6.54 Å². The van der Waals surface area contributed by atoms with E-state index in [1.54, 1.807) is 45.0 Å². The van der Waals surface area contributed by atoms with Crippen molar-refractivity contribution < 1.29 is 28.6 Å². The Hall–Kier alpha value is -2.61. The van der Waals surface area contributed by atoms with E-state index in [1.807, 2.05) is 6.07 Å². The normalized spacial score (nSPS) is 12.0. The third kappa shape index (κ3) is 10.2. The number of unbranched alkanes of at least 4 members (excludes halogenated alkanes) is 1. The van der Waals surface area contributed by atoms with E-state index in [2.05, 4.69) is 5.32 Å². The molecule has 3 N–H and O–H groups in total. The van der Waals surface area contributed by atoms with Crippen LogP contribution < -0.4 is 11.1 Å². The van der Waals surface area contributed by atoms with Gasteiger partial charge < -0.3 is 25.3 Å². The highest BCUT2D eigenvalue weighted by atomic mass is 16.7. The molecule has 0 fully saturated rings. The third-order valence-corrected chi connectivity index (χ3v) is 3.31. The molecule has 1 rings (SSSR count). The zero-order valence-corrected chi connectivity index (χ0v) is 16.0. The molecule has 0 radical (unpaired) electrons. The van der Waals surface area contributed by atoms with E-state index in [9.17, 15) is 14.4 Å². The Bertz CT molecular complexity index is 612. The Morgan fingerprint density at radius 2 is 1.78 bits per heavy atom. The smallest absolute Gasteiger partial charge is 0.444 e. The van der Waals surface area contributed by atoms with Crippen molar-refractivity contribution in [1.29, 1.82) is 0 Å². The molecule has 0 spiro atoms. The van der Waals surface area contributed by atoms with Gasteiger partial charge in [0.25, 0.3) is 0 Å². The number of rotatable bonds is 8. The zero-order valence-electron chi connectivity index (χ0n) is 16.0. The molecule has 0 unspecified atom stereocenters. The van der Waals surface area contributed by atoms with Crippen LogP contribution in [0.3, 0.4) is 0 Å². The van der Waals surface area contributed by atoms with Gasteiger partial charge in [-0.25, -0.2) is 14.4 Å². The largest absolute Gasteiger partial charge is 0.516 e. The summed E-state index contributed by atoms with van der Waals surface area (Å²) in [7, 11) is 0. The fraction of sp³-hybridized carbons (Fsp3) is 0.526. The molecule has 0 saturated carbocycles. The fourth-order valence-electron chi connectivity index (χ4n) is 2.09. The summed E-state index contributed by atoms with van der Waals surface area (Å²) in [5.41, 5.74) is 5.49. The number of ether oxygens (including phenoxy) is 3. The molecule has 0 saturated heterocycles. The number of hydrogen-bond acceptors (Lipinski definition) is 7. The molecule has 0 aliphatic carbocycles. The first-order chi connectivity index (χ1) is 12.7. The Morgan fingerprint density at radius 1 is 1.11 bits per heavy atom. The van der Waals surface area contributed by atoms with Gasteiger partial charge in [0, 0.05) is 0 Å². The van der Waals surface area contributed by atoms with Gasteiger partial charge in [-0.3, -0.25) is 0 Å². The predicted octanol–water partition coefficient (Wildman–Crippen LogP) is 2.89. The van der Waals surface area contributed by atoms with Crippen LogP contribution in [0.2, 0.25) is 0 Å². The summed E-state index contributed by atoms with van der Waals surface area (Å²) in [5.74, 6) is -0.907. The van der Waals surface area contributed by atoms with E-state index in [0.717, 1.165) is 5.56 Å². The zero-order chi connectivity index (χ0) is 20.3. The summed E-state index contributed by atoms with van der Waals surface area (Å²) < 4.78 is 14.7. The fourth-order valence-corrected chi connectivity index (χ4v) is 2.09. The van der Waals surface area contributed by atoms with Crippen LogP contribution >= 0.6 is 0 Å². The molecular formula is C19H28N2O6. The first-order valence-corrected chi connectivity index (χ1v) is 8.83. The number of nitrogens with two attached hydrogens (primary N) is 1. The van der Waals surface area contributed by atoms with Gasteiger partial charge in [-0.05, 0) is 52.1 Å². The molecule has 0 aromatic heterocycles. The van der Waals surface area contributed by atoms with E-state index in [0.29, 0.717) is 19.4 Å². The van der Waals surface area contributed by atoms with Gasteiger partial charge >= 0.3 is 18.2 Å². The second-order valence-corrected chi connectivity index (χ2v) is 6.93. The maximum absolute atomic E-state index is 12.2. The van der Waals surface area contributed by atoms with Gasteiger partial charge in [0.05, 0.1) is 0 Å². The topological polar surface area (TPSA) is 117 Å². The molecule has 150 valence electrons. The van der Waals surface area contributed by atoms with Gasteiger partial charge in [0.2, 0.25) is 0 Å². The van der Waals surface area contributed by atoms with Crippen LogP contribution in [-0.4, -0.2) is 36.4 Å². The Morgan fingerprint density at radius 3 is 2.37 bits per heavy atom. The van der Waals surface area contributed by atoms with Crippen LogP contribution in [0.5, 0.6) is 0 Å². The van der Waals surface area contributed by atoms with Crippen molar-refractivity contribution in [3.63, 3.8) is 0 Å². The lowest BCUT2D eigenvalue weighted by Gasteiger charge is -2.22. The molecule has 8 nitrogen and oxygen atoms in total. The number of carbonyl (C=O) groups excluding carboxylic acids is 3. The Balaban J connectivity index is 2.57. The predicted molar refractivity (Wildman–Crippen MR) is 98.8 cm³/mol. The molecule has 8 heteroatoms. The van der Waals surface area contributed by atoms with Crippen LogP contribution in [0, 0.1) is 0 Å². The first-order valence-electron chi connectivity index (χ1n) is 8.83. The number of carbonyl (C=O) groups is 3. The van der Waals surface area contributed by atoms with Gasteiger partial charge in [0.1, 0.15) is 18.2 Å². The highest BCUT2D eigenvalue weighted by Crippen LogP contribution is 2.10. The Kier molecular flexibility index (Phi) is 9.29. The van der Waals surface area contributed by atoms with Crippen LogP contribution in [0.15, 0.2) is 30.3 Å². The van der Waals surface area contributed by atoms with Crippen molar-refractivity contribution in [1.82, 2.24) is 5.32 Å². The number of hydrogen-bond donors (Lipinski definition) is 2. The van der Waals surface area contributed by atoms with Gasteiger partial charge in [-0.2, -0.15) is 0 Å². The number of benzene rings is 1. The van der Waals surface area contributed by atoms with E-state index in [4.69, 9.17) is 19.9 Å². The monoisotopic (exact) mass is 380 g/mol. The highest BCUT2D eigenvalue weighted by Gasteiger charge is 2.27. The van der Waals surface area contributed by atoms with E-state index < -0.39 is 29.9 Å². The number of amides is 1. The molecule has 0 aliphatic rings. The molecule has 0 bridgehead atoms. The minimum Gasteiger partial charge on any atom is -0.444 e. The minimum absolute atomic E-state index is 0.0235. The molecule has 1 aromatic carbocycles. The van der Waals surface area contributed by atoms with Crippen LogP contribution in [0.25, 0.3) is 0 Å². The van der Waals surface area contributed by atoms with Crippen molar-refractivity contribution >= 4 is 18.2 Å². The standard InChI is InChI=1S/C19H28N2O6/c1-19(2,3)27-17(23)21-15(11-7-8-12-20)16(22)26-18(24)25-13-14-9-5-4-6-10-14/h4-6,9-10,15H,7-8,11-13,20H2,1-3H3,(H,21,23)/t15-/m1/s1. The molecule has 0 heterocycles. The number of alkyl carbamates (subject to hydrolysis) is 1. The molecule has 1 aromatic rings. The summed E-state index contributed by atoms with van der Waals surface area (Å²) in [6.07, 6.45) is -0.390. The van der Waals surface area contributed by atoms with Crippen LogP contribution in [0.1, 0.15) is 45.6 Å². The van der Waals surface area contributed by atoms with E-state index in [1.165, 1.54) is 0 Å². The van der Waals surface area contributed by atoms with E-state index in [-0.39, 0.29) is 13.0 Å². The van der Waals surface area contributed by atoms with Crippen molar-refractivity contribution in [3.8, 4) is 0 Å². The second-order valence-electron chi connectivity index (χ2n) is 6.93. The highest BCUT2D eigenvalue weighted by molar-refractivity contribution is 5.88. The molecule has 1 amide bonds. The SMILES string of the molecule is CC(C)(C)OC(=O)N[C@H](CCCCN)C(=O)OC(=O)OCc1ccccc1. The van der Waals surface area contributed by atoms with Crippen molar-refractivity contribution in [3.05, 3.63) is 35.9 Å².